The number of carboxylic acid groups (broad SMARTS) is 2. The Balaban J connectivity index is 0.000000317. The Hall–Kier alpha value is -2.84. The molecule has 1 aromatic heterocycles. The molecule has 2 aliphatic rings. The second kappa shape index (κ2) is 14.5. The molecule has 0 radical (unpaired) electrons. The Morgan fingerprint density at radius 2 is 1.44 bits per heavy atom. The molecule has 220 valence electrons. The monoisotopic (exact) mass is 569 g/mol. The van der Waals surface area contributed by atoms with Crippen LogP contribution in [0.4, 0.5) is 26.3 Å². The van der Waals surface area contributed by atoms with Crippen molar-refractivity contribution in [1.82, 2.24) is 15.2 Å². The minimum absolute atomic E-state index is 0.307. The summed E-state index contributed by atoms with van der Waals surface area (Å²) in [4.78, 5) is 23.8. The Morgan fingerprint density at radius 1 is 0.923 bits per heavy atom. The molecule has 5 N–H and O–H groups in total. The maximum Gasteiger partial charge on any atom is 0.490 e. The Labute approximate surface area is 221 Å². The van der Waals surface area contributed by atoms with E-state index in [1.165, 1.54) is 42.1 Å². The van der Waals surface area contributed by atoms with E-state index in [1.807, 2.05) is 0 Å². The summed E-state index contributed by atoms with van der Waals surface area (Å²) in [5.41, 5.74) is 2.73. The first-order valence-corrected chi connectivity index (χ1v) is 12.5. The number of aliphatic hydroxyl groups is 1. The van der Waals surface area contributed by atoms with Gasteiger partial charge >= 0.3 is 24.3 Å². The highest BCUT2D eigenvalue weighted by molar-refractivity contribution is 5.83. The third-order valence-corrected chi connectivity index (χ3v) is 6.87. The number of aliphatic hydroxyl groups excluding tert-OH is 1. The van der Waals surface area contributed by atoms with Gasteiger partial charge < -0.3 is 25.6 Å². The number of rotatable bonds is 5. The van der Waals surface area contributed by atoms with Crippen LogP contribution in [0, 0.1) is 5.92 Å². The van der Waals surface area contributed by atoms with Gasteiger partial charge in [0.1, 0.15) is 0 Å². The maximum absolute atomic E-state index is 10.6. The normalized spacial score (nSPS) is 18.4. The molecule has 1 unspecified atom stereocenters. The molecule has 0 spiro atoms. The zero-order valence-electron chi connectivity index (χ0n) is 21.1. The summed E-state index contributed by atoms with van der Waals surface area (Å²) < 4.78 is 63.5. The molecule has 2 aromatic rings. The number of likely N-dealkylation sites (tertiary alicyclic amines) is 1. The molecular formula is C25H33F6N3O5. The molecule has 2 fully saturated rings. The van der Waals surface area contributed by atoms with Crippen molar-refractivity contribution in [1.29, 1.82) is 0 Å². The van der Waals surface area contributed by atoms with Crippen LogP contribution in [0.1, 0.15) is 43.6 Å². The number of nitrogens with one attached hydrogen (secondary N) is 2. The first kappa shape index (κ1) is 32.4. The van der Waals surface area contributed by atoms with Crippen LogP contribution < -0.4 is 5.32 Å². The summed E-state index contributed by atoms with van der Waals surface area (Å²) in [5, 5.41) is 29.0. The van der Waals surface area contributed by atoms with Crippen LogP contribution in [0.25, 0.3) is 10.9 Å². The summed E-state index contributed by atoms with van der Waals surface area (Å²) in [6, 6.07) is 8.98. The van der Waals surface area contributed by atoms with Crippen LogP contribution in [0.5, 0.6) is 0 Å². The van der Waals surface area contributed by atoms with Gasteiger partial charge in [-0.25, -0.2) is 9.59 Å². The SMILES string of the molecule is O=C(O)C(F)(F)F.O=C(O)C(F)(F)F.OCC(CC1CCNCC1)N1CCC(c2c[nH]c3ccccc23)CC1. The standard InChI is InChI=1S/C21H31N3O.2C2HF3O2/c25-15-18(13-16-5-9-22-10-6-16)24-11-7-17(8-12-24)20-14-23-21-4-2-1-3-19(20)21;2*3-2(4,5)1(6)7/h1-4,14,16-18,22-23,25H,5-13,15H2;2*(H,6,7). The largest absolute Gasteiger partial charge is 0.490 e. The smallest absolute Gasteiger partial charge is 0.475 e. The number of fused-ring (bicyclic) bond motifs is 1. The average Bonchev–Trinajstić information content (AvgIpc) is 3.32. The molecule has 0 amide bonds. The molecule has 1 aromatic carbocycles. The number of hydrogen-bond acceptors (Lipinski definition) is 5. The van der Waals surface area contributed by atoms with Crippen molar-refractivity contribution in [3.8, 4) is 0 Å². The van der Waals surface area contributed by atoms with Crippen LogP contribution in [0.2, 0.25) is 0 Å². The minimum Gasteiger partial charge on any atom is -0.475 e. The van der Waals surface area contributed by atoms with Crippen molar-refractivity contribution < 1.29 is 51.3 Å². The summed E-state index contributed by atoms with van der Waals surface area (Å²) in [6.45, 7) is 4.82. The highest BCUT2D eigenvalue weighted by Crippen LogP contribution is 2.34. The number of piperidine rings is 2. The van der Waals surface area contributed by atoms with Crippen molar-refractivity contribution in [3.05, 3.63) is 36.0 Å². The predicted molar refractivity (Wildman–Crippen MR) is 130 cm³/mol. The van der Waals surface area contributed by atoms with Gasteiger partial charge in [0.25, 0.3) is 0 Å². The van der Waals surface area contributed by atoms with Crippen molar-refractivity contribution in [3.63, 3.8) is 0 Å². The molecule has 0 saturated carbocycles. The number of aromatic nitrogens is 1. The number of H-pyrrole nitrogens is 1. The Morgan fingerprint density at radius 3 is 1.92 bits per heavy atom. The van der Waals surface area contributed by atoms with Gasteiger partial charge in [-0.1, -0.05) is 18.2 Å². The van der Waals surface area contributed by atoms with Gasteiger partial charge in [0.15, 0.2) is 0 Å². The fourth-order valence-corrected chi connectivity index (χ4v) is 4.85. The Bertz CT molecular complexity index is 1020. The molecule has 3 heterocycles. The number of benzene rings is 1. The van der Waals surface area contributed by atoms with E-state index in [2.05, 4.69) is 45.7 Å². The summed E-state index contributed by atoms with van der Waals surface area (Å²) in [6.07, 6.45) is -1.86. The van der Waals surface area contributed by atoms with Crippen molar-refractivity contribution >= 4 is 22.8 Å². The van der Waals surface area contributed by atoms with Crippen molar-refractivity contribution in [2.24, 2.45) is 5.92 Å². The second-order valence-electron chi connectivity index (χ2n) is 9.47. The average molecular weight is 570 g/mol. The molecule has 1 atom stereocenters. The number of hydrogen-bond donors (Lipinski definition) is 5. The molecule has 2 aliphatic heterocycles. The number of halogens is 6. The lowest BCUT2D eigenvalue weighted by Gasteiger charge is -2.38. The van der Waals surface area contributed by atoms with E-state index in [1.54, 1.807) is 0 Å². The highest BCUT2D eigenvalue weighted by Gasteiger charge is 2.39. The topological polar surface area (TPSA) is 126 Å². The van der Waals surface area contributed by atoms with Crippen molar-refractivity contribution in [2.45, 2.75) is 56.4 Å². The number of carboxylic acids is 2. The lowest BCUT2D eigenvalue weighted by atomic mass is 9.86. The first-order valence-electron chi connectivity index (χ1n) is 12.5. The van der Waals surface area contributed by atoms with E-state index < -0.39 is 24.3 Å². The number of carbonyl (C=O) groups is 2. The van der Waals surface area contributed by atoms with Gasteiger partial charge in [0.05, 0.1) is 6.61 Å². The third kappa shape index (κ3) is 10.3. The van der Waals surface area contributed by atoms with E-state index in [0.29, 0.717) is 18.6 Å². The van der Waals surface area contributed by atoms with Gasteiger partial charge in [0.2, 0.25) is 0 Å². The summed E-state index contributed by atoms with van der Waals surface area (Å²) >= 11 is 0. The number of alkyl halides is 6. The number of aliphatic carboxylic acids is 2. The van der Waals surface area contributed by atoms with E-state index >= 15 is 0 Å². The predicted octanol–water partition coefficient (Wildman–Crippen LogP) is 4.36. The van der Waals surface area contributed by atoms with Crippen molar-refractivity contribution in [2.75, 3.05) is 32.8 Å². The van der Waals surface area contributed by atoms with Crippen LogP contribution >= 0.6 is 0 Å². The highest BCUT2D eigenvalue weighted by atomic mass is 19.4. The molecule has 14 heteroatoms. The minimum atomic E-state index is -5.08. The third-order valence-electron chi connectivity index (χ3n) is 6.87. The van der Waals surface area contributed by atoms with Gasteiger partial charge in [-0.05, 0) is 81.7 Å². The van der Waals surface area contributed by atoms with Gasteiger partial charge in [0, 0.05) is 23.1 Å². The molecule has 39 heavy (non-hydrogen) atoms. The lowest BCUT2D eigenvalue weighted by Crippen LogP contribution is -2.44. The molecule has 4 rings (SSSR count). The molecular weight excluding hydrogens is 536 g/mol. The van der Waals surface area contributed by atoms with Gasteiger partial charge in [-0.2, -0.15) is 26.3 Å². The van der Waals surface area contributed by atoms with Crippen LogP contribution in [0.3, 0.4) is 0 Å². The molecule has 2 saturated heterocycles. The van der Waals surface area contributed by atoms with E-state index in [-0.39, 0.29) is 0 Å². The number of aromatic amines is 1. The van der Waals surface area contributed by atoms with E-state index in [9.17, 15) is 31.4 Å². The maximum atomic E-state index is 10.6. The lowest BCUT2D eigenvalue weighted by molar-refractivity contribution is -0.193. The van der Waals surface area contributed by atoms with E-state index in [0.717, 1.165) is 38.5 Å². The first-order chi connectivity index (χ1) is 18.2. The summed E-state index contributed by atoms with van der Waals surface area (Å²) in [5.74, 6) is -4.09. The van der Waals surface area contributed by atoms with E-state index in [4.69, 9.17) is 19.8 Å². The quantitative estimate of drug-likeness (QED) is 0.339. The molecule has 0 bridgehead atoms. The zero-order valence-corrected chi connectivity index (χ0v) is 21.1. The molecule has 8 nitrogen and oxygen atoms in total. The summed E-state index contributed by atoms with van der Waals surface area (Å²) in [7, 11) is 0. The van der Waals surface area contributed by atoms with Crippen LogP contribution in [-0.4, -0.2) is 88.3 Å². The zero-order chi connectivity index (χ0) is 29.2. The second-order valence-corrected chi connectivity index (χ2v) is 9.47. The Kier molecular flexibility index (Phi) is 12.1. The fraction of sp³-hybridized carbons (Fsp3) is 0.600. The van der Waals surface area contributed by atoms with Gasteiger partial charge in [-0.15, -0.1) is 0 Å². The number of para-hydroxylation sites is 1. The molecule has 0 aliphatic carbocycles. The number of nitrogens with zero attached hydrogens (tertiary/aromatic N) is 1. The fourth-order valence-electron chi connectivity index (χ4n) is 4.85. The van der Waals surface area contributed by atoms with Gasteiger partial charge in [-0.3, -0.25) is 4.90 Å². The van der Waals surface area contributed by atoms with Crippen LogP contribution in [0.15, 0.2) is 30.5 Å². The van der Waals surface area contributed by atoms with Crippen LogP contribution in [-0.2, 0) is 9.59 Å².